The molecule has 0 aliphatic carbocycles. The molecule has 1 heterocycles. The van der Waals surface area contributed by atoms with Gasteiger partial charge in [0.15, 0.2) is 5.70 Å². The SMILES string of the molecule is C=CCc1ccccc1OCCOc1ccc([N+](=O)[O-])cc1/C=C1\N=C(c2ccccc2)OC1=O. The average Bonchev–Trinajstić information content (AvgIpc) is 3.24. The predicted octanol–water partition coefficient (Wildman–Crippen LogP) is 5.13. The van der Waals surface area contributed by atoms with Gasteiger partial charge in [0, 0.05) is 23.3 Å². The van der Waals surface area contributed by atoms with Crippen molar-refractivity contribution >= 4 is 23.6 Å². The van der Waals surface area contributed by atoms with E-state index in [9.17, 15) is 14.9 Å². The molecule has 3 aromatic carbocycles. The second kappa shape index (κ2) is 10.9. The molecule has 8 nitrogen and oxygen atoms in total. The van der Waals surface area contributed by atoms with E-state index >= 15 is 0 Å². The number of para-hydroxylation sites is 1. The van der Waals surface area contributed by atoms with Crippen molar-refractivity contribution in [2.75, 3.05) is 13.2 Å². The summed E-state index contributed by atoms with van der Waals surface area (Å²) in [5.74, 6) is 0.602. The molecule has 0 atom stereocenters. The Morgan fingerprint density at radius 1 is 0.971 bits per heavy atom. The van der Waals surface area contributed by atoms with Crippen molar-refractivity contribution in [3.05, 3.63) is 118 Å². The molecule has 0 fully saturated rings. The third kappa shape index (κ3) is 5.80. The van der Waals surface area contributed by atoms with Gasteiger partial charge in [-0.25, -0.2) is 9.79 Å². The van der Waals surface area contributed by atoms with Gasteiger partial charge in [-0.15, -0.1) is 6.58 Å². The van der Waals surface area contributed by atoms with Crippen LogP contribution in [-0.2, 0) is 16.0 Å². The summed E-state index contributed by atoms with van der Waals surface area (Å²) in [6, 6.07) is 20.8. The fourth-order valence-electron chi connectivity index (χ4n) is 3.43. The summed E-state index contributed by atoms with van der Waals surface area (Å²) in [7, 11) is 0. The number of carbonyl (C=O) groups excluding carboxylic acids is 1. The fraction of sp³-hybridized carbons (Fsp3) is 0.111. The summed E-state index contributed by atoms with van der Waals surface area (Å²) in [6.45, 7) is 4.19. The Hall–Kier alpha value is -4.72. The minimum atomic E-state index is -0.650. The Morgan fingerprint density at radius 2 is 1.69 bits per heavy atom. The van der Waals surface area contributed by atoms with Crippen LogP contribution in [0, 0.1) is 10.1 Å². The zero-order valence-corrected chi connectivity index (χ0v) is 18.8. The molecule has 0 radical (unpaired) electrons. The number of nitro groups is 1. The van der Waals surface area contributed by atoms with Gasteiger partial charge in [-0.3, -0.25) is 10.1 Å². The summed E-state index contributed by atoms with van der Waals surface area (Å²) in [5.41, 5.74) is 1.86. The third-order valence-electron chi connectivity index (χ3n) is 5.07. The van der Waals surface area contributed by atoms with Crippen LogP contribution in [0.1, 0.15) is 16.7 Å². The number of non-ortho nitro benzene ring substituents is 1. The molecular formula is C27H22N2O6. The number of carbonyl (C=O) groups is 1. The first kappa shape index (κ1) is 23.4. The summed E-state index contributed by atoms with van der Waals surface area (Å²) < 4.78 is 16.9. The van der Waals surface area contributed by atoms with Gasteiger partial charge in [0.25, 0.3) is 5.69 Å². The topological polar surface area (TPSA) is 100 Å². The number of nitrogens with zero attached hydrogens (tertiary/aromatic N) is 2. The van der Waals surface area contributed by atoms with Gasteiger partial charge in [0.1, 0.15) is 24.7 Å². The highest BCUT2D eigenvalue weighted by Crippen LogP contribution is 2.29. The molecule has 0 bridgehead atoms. The van der Waals surface area contributed by atoms with Gasteiger partial charge in [0.2, 0.25) is 5.90 Å². The molecule has 4 rings (SSSR count). The number of allylic oxidation sites excluding steroid dienone is 1. The average molecular weight is 470 g/mol. The van der Waals surface area contributed by atoms with Crippen LogP contribution in [0.15, 0.2) is 96.1 Å². The van der Waals surface area contributed by atoms with Crippen molar-refractivity contribution in [1.29, 1.82) is 0 Å². The van der Waals surface area contributed by atoms with Crippen LogP contribution >= 0.6 is 0 Å². The van der Waals surface area contributed by atoms with E-state index in [0.29, 0.717) is 23.3 Å². The normalized spacial score (nSPS) is 13.8. The molecule has 0 unspecified atom stereocenters. The zero-order valence-electron chi connectivity index (χ0n) is 18.8. The molecule has 0 saturated carbocycles. The molecular weight excluding hydrogens is 448 g/mol. The van der Waals surface area contributed by atoms with E-state index < -0.39 is 10.9 Å². The number of aliphatic imine (C=N–C) groups is 1. The molecule has 0 aromatic heterocycles. The summed E-state index contributed by atoms with van der Waals surface area (Å²) in [5, 5.41) is 11.3. The van der Waals surface area contributed by atoms with Crippen LogP contribution in [0.25, 0.3) is 6.08 Å². The summed E-state index contributed by atoms with van der Waals surface area (Å²) >= 11 is 0. The standard InChI is InChI=1S/C27H22N2O6/c1-2-8-19-9-6-7-12-24(19)33-15-16-34-25-14-13-22(29(31)32)17-21(25)18-23-27(30)35-26(28-23)20-10-4-3-5-11-20/h2-7,9-14,17-18H,1,8,15-16H2/b23-18-. The third-order valence-corrected chi connectivity index (χ3v) is 5.07. The molecule has 0 N–H and O–H groups in total. The van der Waals surface area contributed by atoms with E-state index in [1.165, 1.54) is 24.3 Å². The molecule has 8 heteroatoms. The number of cyclic esters (lactones) is 1. The predicted molar refractivity (Wildman–Crippen MR) is 131 cm³/mol. The lowest BCUT2D eigenvalue weighted by molar-refractivity contribution is -0.384. The number of esters is 1. The minimum absolute atomic E-state index is 0.0174. The Morgan fingerprint density at radius 3 is 2.43 bits per heavy atom. The minimum Gasteiger partial charge on any atom is -0.490 e. The Balaban J connectivity index is 1.52. The van der Waals surface area contributed by atoms with Crippen LogP contribution in [0.5, 0.6) is 11.5 Å². The molecule has 1 aliphatic heterocycles. The molecule has 3 aromatic rings. The van der Waals surface area contributed by atoms with E-state index in [1.54, 1.807) is 30.3 Å². The maximum Gasteiger partial charge on any atom is 0.363 e. The Kier molecular flexibility index (Phi) is 7.32. The van der Waals surface area contributed by atoms with E-state index in [0.717, 1.165) is 11.3 Å². The zero-order chi connectivity index (χ0) is 24.6. The summed E-state index contributed by atoms with van der Waals surface area (Å²) in [4.78, 5) is 27.4. The van der Waals surface area contributed by atoms with Crippen LogP contribution in [-0.4, -0.2) is 30.0 Å². The van der Waals surface area contributed by atoms with Gasteiger partial charge in [0.05, 0.1) is 4.92 Å². The second-order valence-corrected chi connectivity index (χ2v) is 7.48. The largest absolute Gasteiger partial charge is 0.490 e. The van der Waals surface area contributed by atoms with E-state index in [4.69, 9.17) is 14.2 Å². The van der Waals surface area contributed by atoms with Crippen molar-refractivity contribution in [3.63, 3.8) is 0 Å². The van der Waals surface area contributed by atoms with Crippen molar-refractivity contribution in [3.8, 4) is 11.5 Å². The quantitative estimate of drug-likeness (QED) is 0.102. The lowest BCUT2D eigenvalue weighted by atomic mass is 10.1. The fourth-order valence-corrected chi connectivity index (χ4v) is 3.43. The van der Waals surface area contributed by atoms with Crippen molar-refractivity contribution < 1.29 is 23.9 Å². The molecule has 176 valence electrons. The first-order chi connectivity index (χ1) is 17.0. The van der Waals surface area contributed by atoms with Gasteiger partial charge in [-0.1, -0.05) is 42.5 Å². The van der Waals surface area contributed by atoms with E-state index in [1.807, 2.05) is 30.3 Å². The lowest BCUT2D eigenvalue weighted by Crippen LogP contribution is -2.10. The number of hydrogen-bond donors (Lipinski definition) is 0. The highest BCUT2D eigenvalue weighted by molar-refractivity contribution is 6.12. The second-order valence-electron chi connectivity index (χ2n) is 7.48. The first-order valence-corrected chi connectivity index (χ1v) is 10.9. The van der Waals surface area contributed by atoms with Gasteiger partial charge in [-0.2, -0.15) is 0 Å². The highest BCUT2D eigenvalue weighted by Gasteiger charge is 2.25. The van der Waals surface area contributed by atoms with Gasteiger partial charge >= 0.3 is 5.97 Å². The van der Waals surface area contributed by atoms with Crippen molar-refractivity contribution in [2.24, 2.45) is 4.99 Å². The lowest BCUT2D eigenvalue weighted by Gasteiger charge is -2.12. The van der Waals surface area contributed by atoms with Crippen molar-refractivity contribution in [1.82, 2.24) is 0 Å². The monoisotopic (exact) mass is 470 g/mol. The maximum absolute atomic E-state index is 12.4. The van der Waals surface area contributed by atoms with E-state index in [2.05, 4.69) is 11.6 Å². The first-order valence-electron chi connectivity index (χ1n) is 10.9. The molecule has 35 heavy (non-hydrogen) atoms. The maximum atomic E-state index is 12.4. The molecule has 0 amide bonds. The van der Waals surface area contributed by atoms with Crippen LogP contribution < -0.4 is 9.47 Å². The highest BCUT2D eigenvalue weighted by atomic mass is 16.6. The number of rotatable bonds is 10. The number of benzene rings is 3. The van der Waals surface area contributed by atoms with Crippen LogP contribution in [0.3, 0.4) is 0 Å². The van der Waals surface area contributed by atoms with Crippen LogP contribution in [0.4, 0.5) is 5.69 Å². The van der Waals surface area contributed by atoms with Gasteiger partial charge < -0.3 is 14.2 Å². The molecule has 0 spiro atoms. The number of ether oxygens (including phenoxy) is 3. The Labute approximate surface area is 201 Å². The summed E-state index contributed by atoms with van der Waals surface area (Å²) in [6.07, 6.45) is 3.90. The smallest absolute Gasteiger partial charge is 0.363 e. The number of nitro benzene ring substituents is 1. The van der Waals surface area contributed by atoms with E-state index in [-0.39, 0.29) is 30.5 Å². The van der Waals surface area contributed by atoms with Gasteiger partial charge in [-0.05, 0) is 42.3 Å². The van der Waals surface area contributed by atoms with Crippen molar-refractivity contribution in [2.45, 2.75) is 6.42 Å². The number of hydrogen-bond acceptors (Lipinski definition) is 7. The molecule has 1 aliphatic rings. The Bertz CT molecular complexity index is 1310. The molecule has 0 saturated heterocycles. The van der Waals surface area contributed by atoms with Crippen LogP contribution in [0.2, 0.25) is 0 Å².